The van der Waals surface area contributed by atoms with Crippen LogP contribution in [0, 0.1) is 52.3 Å². The van der Waals surface area contributed by atoms with Crippen molar-refractivity contribution >= 4 is 49.3 Å². The van der Waals surface area contributed by atoms with Crippen molar-refractivity contribution in [3.63, 3.8) is 0 Å². The summed E-state index contributed by atoms with van der Waals surface area (Å²) in [5.41, 5.74) is -5.87. The molecule has 3 aromatic carbocycles. The van der Waals surface area contributed by atoms with Crippen LogP contribution in [0.4, 0.5) is 0 Å². The second-order valence-electron chi connectivity index (χ2n) is 29.6. The number of allylic oxidation sites excluding steroid dienone is 5. The van der Waals surface area contributed by atoms with Crippen molar-refractivity contribution in [3.8, 4) is 11.5 Å². The number of carbonyl (C=O) groups is 1. The molecule has 10 aliphatic rings. The van der Waals surface area contributed by atoms with Gasteiger partial charge < -0.3 is 69.7 Å². The number of carbonyl (C=O) groups excluding carboxylic acids is 1. The lowest BCUT2D eigenvalue weighted by Crippen LogP contribution is -2.86. The molecule has 5 saturated carbocycles. The van der Waals surface area contributed by atoms with Crippen LogP contribution in [0.5, 0.6) is 11.5 Å². The number of furan rings is 1. The summed E-state index contributed by atoms with van der Waals surface area (Å²) in [6.07, 6.45) is 21.2. The molecule has 17 heteroatoms. The van der Waals surface area contributed by atoms with E-state index in [0.717, 1.165) is 57.8 Å². The van der Waals surface area contributed by atoms with Gasteiger partial charge in [-0.2, -0.15) is 0 Å². The fourth-order valence-corrected chi connectivity index (χ4v) is 24.9. The number of benzene rings is 3. The van der Waals surface area contributed by atoms with Gasteiger partial charge in [0.2, 0.25) is 12.0 Å². The Hall–Kier alpha value is -3.95. The molecule has 4 aromatic rings. The zero-order valence-electron chi connectivity index (χ0n) is 52.7. The summed E-state index contributed by atoms with van der Waals surface area (Å²) in [7, 11) is 5.56. The van der Waals surface area contributed by atoms with Gasteiger partial charge in [-0.15, -0.1) is 0 Å². The van der Waals surface area contributed by atoms with Crippen molar-refractivity contribution in [1.29, 1.82) is 0 Å². The molecule has 90 heavy (non-hydrogen) atoms. The summed E-state index contributed by atoms with van der Waals surface area (Å²) in [6.45, 7) is 4.29. The molecule has 2 saturated heterocycles. The largest absolute Gasteiger partial charge is 0.485 e. The van der Waals surface area contributed by atoms with Gasteiger partial charge in [-0.1, -0.05) is 120 Å². The zero-order valence-corrected chi connectivity index (χ0v) is 54.3. The van der Waals surface area contributed by atoms with E-state index in [1.165, 1.54) is 29.2 Å². The average Bonchev–Trinajstić information content (AvgIpc) is 0.907. The van der Waals surface area contributed by atoms with Gasteiger partial charge in [0, 0.05) is 70.7 Å². The quantitative estimate of drug-likeness (QED) is 0.0408. The molecule has 488 valence electrons. The summed E-state index contributed by atoms with van der Waals surface area (Å²) in [5.74, 6) is -1.32. The van der Waals surface area contributed by atoms with Gasteiger partial charge in [0.1, 0.15) is 23.9 Å². The lowest BCUT2D eigenvalue weighted by molar-refractivity contribution is -0.424. The molecule has 21 atom stereocenters. The standard InChI is InChI=1S/C73H96N2O13S2/c1-4-84-60(79)24-20-48-37-49-26-34-85-62(49)64-63(48)87-66-73(83)61-51(19-22-56(77)53(61)41-76)39-71(82,65(73)80)72(88-66)43-89-90-70(58(75-33-35-86-64)23-15-44(2)10-9-14-59(72)78)32-30-68(38-50-18-21-55(74-3)52(50)40-68)57(70)25-28-69(81)31-29-67(42-69)27-8-7-13-54(67)47-17-16-45-11-5-6-12-46(45)36-47/h5-8,11-13,16-17,19,22,26-27,34,36-37,44,50-59,61,65-66,74-78,80-83H,4,9-10,14-15,18,20-21,23-25,28-33,35,38-43H2,1-3H3. The highest BCUT2D eigenvalue weighted by molar-refractivity contribution is 8.77. The normalized spacial score (nSPS) is 43.2. The summed E-state index contributed by atoms with van der Waals surface area (Å²) in [5, 5.41) is 102. The van der Waals surface area contributed by atoms with Crippen LogP contribution in [0.25, 0.3) is 21.7 Å². The van der Waals surface area contributed by atoms with E-state index in [0.29, 0.717) is 66.6 Å². The first-order valence-electron chi connectivity index (χ1n) is 34.2. The van der Waals surface area contributed by atoms with Crippen LogP contribution >= 0.6 is 21.6 Å². The van der Waals surface area contributed by atoms with Crippen molar-refractivity contribution in [2.75, 3.05) is 39.2 Å². The van der Waals surface area contributed by atoms with Crippen molar-refractivity contribution in [2.24, 2.45) is 52.3 Å². The van der Waals surface area contributed by atoms with Crippen LogP contribution in [0.3, 0.4) is 0 Å². The number of hydrogen-bond donors (Lipinski definition) is 9. The van der Waals surface area contributed by atoms with Crippen molar-refractivity contribution < 1.29 is 63.9 Å². The highest BCUT2D eigenvalue weighted by atomic mass is 33.1. The fourth-order valence-electron chi connectivity index (χ4n) is 20.7. The van der Waals surface area contributed by atoms with Crippen LogP contribution in [0.2, 0.25) is 0 Å². The highest BCUT2D eigenvalue weighted by Crippen LogP contribution is 2.72. The van der Waals surface area contributed by atoms with Crippen LogP contribution in [-0.4, -0.2) is 145 Å². The van der Waals surface area contributed by atoms with E-state index in [9.17, 15) is 40.5 Å². The number of nitrogens with one attached hydrogen (secondary N) is 2. The number of rotatable bonds is 10. The average molecular weight is 1270 g/mol. The molecule has 4 heterocycles. The number of hydrogen-bond acceptors (Lipinski definition) is 17. The molecule has 14 rings (SSSR count). The minimum atomic E-state index is -2.52. The topological polar surface area (TPSA) is 233 Å². The van der Waals surface area contributed by atoms with Crippen LogP contribution in [0.1, 0.15) is 146 Å². The first kappa shape index (κ1) is 63.4. The summed E-state index contributed by atoms with van der Waals surface area (Å²) in [4.78, 5) is 13.2. The van der Waals surface area contributed by atoms with Crippen LogP contribution < -0.4 is 20.1 Å². The number of aliphatic hydroxyl groups excluding tert-OH is 4. The Bertz CT molecular complexity index is 3380. The number of aryl methyl sites for hydroxylation is 1. The zero-order chi connectivity index (χ0) is 62.4. The Morgan fingerprint density at radius 1 is 0.878 bits per heavy atom. The summed E-state index contributed by atoms with van der Waals surface area (Å²) < 4.78 is 33.0. The molecule has 7 fully saturated rings. The highest BCUT2D eigenvalue weighted by Gasteiger charge is 2.78. The van der Waals surface area contributed by atoms with Crippen LogP contribution in [0.15, 0.2) is 102 Å². The van der Waals surface area contributed by atoms with Gasteiger partial charge in [0.25, 0.3) is 0 Å². The Kier molecular flexibility index (Phi) is 17.4. The molecule has 9 N–H and O–H groups in total. The van der Waals surface area contributed by atoms with Gasteiger partial charge in [-0.05, 0) is 186 Å². The number of aliphatic hydroxyl groups is 7. The number of fused-ring (bicyclic) bond motifs is 13. The molecule has 0 radical (unpaired) electrons. The molecule has 21 unspecified atom stereocenters. The minimum absolute atomic E-state index is 0.00886. The first-order valence-corrected chi connectivity index (χ1v) is 36.5. The van der Waals surface area contributed by atoms with Crippen LogP contribution in [-0.2, 0) is 20.7 Å². The molecule has 3 aliphatic heterocycles. The molecule has 0 amide bonds. The third kappa shape index (κ3) is 10.5. The van der Waals surface area contributed by atoms with E-state index in [1.54, 1.807) is 36.1 Å². The molecule has 4 spiro atoms. The molecule has 1 aromatic heterocycles. The Labute approximate surface area is 538 Å². The predicted octanol–water partition coefficient (Wildman–Crippen LogP) is 10.4. The van der Waals surface area contributed by atoms with Crippen molar-refractivity contribution in [3.05, 3.63) is 108 Å². The van der Waals surface area contributed by atoms with E-state index in [-0.39, 0.29) is 90.8 Å². The van der Waals surface area contributed by atoms with Gasteiger partial charge in [0.15, 0.2) is 16.9 Å². The van der Waals surface area contributed by atoms with Gasteiger partial charge >= 0.3 is 5.97 Å². The van der Waals surface area contributed by atoms with Gasteiger partial charge in [0.05, 0.1) is 30.7 Å². The van der Waals surface area contributed by atoms with E-state index >= 15 is 0 Å². The lowest BCUT2D eigenvalue weighted by atomic mass is 9.50. The third-order valence-electron chi connectivity index (χ3n) is 25.1. The van der Waals surface area contributed by atoms with Gasteiger partial charge in [-0.25, -0.2) is 0 Å². The number of esters is 1. The Morgan fingerprint density at radius 2 is 1.73 bits per heavy atom. The predicted molar refractivity (Wildman–Crippen MR) is 350 cm³/mol. The van der Waals surface area contributed by atoms with Crippen molar-refractivity contribution in [1.82, 2.24) is 10.6 Å². The second kappa shape index (κ2) is 24.7. The lowest BCUT2D eigenvalue weighted by Gasteiger charge is -2.67. The minimum Gasteiger partial charge on any atom is -0.485 e. The first-order chi connectivity index (χ1) is 43.4. The monoisotopic (exact) mass is 1270 g/mol. The maximum atomic E-state index is 14.0. The molecule has 15 nitrogen and oxygen atoms in total. The van der Waals surface area contributed by atoms with Crippen molar-refractivity contribution in [2.45, 2.75) is 206 Å². The third-order valence-corrected chi connectivity index (χ3v) is 28.5. The van der Waals surface area contributed by atoms with E-state index in [4.69, 9.17) is 23.4 Å². The Balaban J connectivity index is 0.896. The van der Waals surface area contributed by atoms with E-state index < -0.39 is 82.1 Å². The summed E-state index contributed by atoms with van der Waals surface area (Å²) in [6, 6.07) is 19.5. The maximum absolute atomic E-state index is 14.0. The van der Waals surface area contributed by atoms with Gasteiger partial charge in [-0.3, -0.25) is 4.79 Å². The molecular formula is C73H96N2O13S2. The number of ether oxygens (including phenoxy) is 4. The maximum Gasteiger partial charge on any atom is 0.306 e. The molecular weight excluding hydrogens is 1180 g/mol. The summed E-state index contributed by atoms with van der Waals surface area (Å²) >= 11 is 0. The molecule has 5 bridgehead atoms. The van der Waals surface area contributed by atoms with E-state index in [2.05, 4.69) is 91.4 Å². The SMILES string of the molecule is CCOC(=O)CCc1cc2ccoc2c2c1OC1OC3(CSSC4(CCC5(CC6CCC(NC)C6C5)C4CCC4(O)CCC5(C=CC=CC5c5ccc6ccccc6c5)C4)C(CCC(C)CCCC3O)NCCO2)C2(O)CC3C=CC(O)C(CO)C3C1(O)C2O. The Morgan fingerprint density at radius 3 is 2.57 bits per heavy atom. The second-order valence-corrected chi connectivity index (χ2v) is 32.3. The molecule has 7 aliphatic carbocycles. The smallest absolute Gasteiger partial charge is 0.306 e. The van der Waals surface area contributed by atoms with E-state index in [1.807, 2.05) is 22.9 Å². The fraction of sp³-hybridized carbons (Fsp3) is 0.658.